The first kappa shape index (κ1) is 15.5. The van der Waals surface area contributed by atoms with Crippen LogP contribution < -0.4 is 5.73 Å². The maximum absolute atomic E-state index is 6.41. The van der Waals surface area contributed by atoms with Crippen molar-refractivity contribution in [1.29, 1.82) is 0 Å². The van der Waals surface area contributed by atoms with Crippen molar-refractivity contribution < 1.29 is 0 Å². The van der Waals surface area contributed by atoms with E-state index in [2.05, 4.69) is 42.8 Å². The standard InChI is InChI=1S/C17H29N3/c1-4-20(12-15-7-5-6-10-19-15)17-11-14(13(2)3)8-9-16(17)18/h5-7,10,13-14,16-17H,4,8-9,11-12,18H2,1-3H3. The first-order valence-corrected chi connectivity index (χ1v) is 8.01. The molecule has 3 atom stereocenters. The van der Waals surface area contributed by atoms with Gasteiger partial charge in [0.2, 0.25) is 0 Å². The molecule has 1 saturated carbocycles. The highest BCUT2D eigenvalue weighted by atomic mass is 15.2. The van der Waals surface area contributed by atoms with E-state index in [-0.39, 0.29) is 0 Å². The van der Waals surface area contributed by atoms with Crippen LogP contribution in [0, 0.1) is 11.8 Å². The zero-order valence-corrected chi connectivity index (χ0v) is 13.1. The van der Waals surface area contributed by atoms with E-state index in [0.717, 1.165) is 37.0 Å². The molecule has 2 N–H and O–H groups in total. The maximum atomic E-state index is 6.41. The van der Waals surface area contributed by atoms with Crippen molar-refractivity contribution in [3.63, 3.8) is 0 Å². The highest BCUT2D eigenvalue weighted by Gasteiger charge is 2.33. The largest absolute Gasteiger partial charge is 0.326 e. The van der Waals surface area contributed by atoms with Gasteiger partial charge in [-0.1, -0.05) is 26.8 Å². The third-order valence-corrected chi connectivity index (χ3v) is 4.82. The number of rotatable bonds is 5. The van der Waals surface area contributed by atoms with E-state index in [4.69, 9.17) is 5.73 Å². The van der Waals surface area contributed by atoms with E-state index >= 15 is 0 Å². The molecule has 1 aliphatic rings. The average molecular weight is 275 g/mol. The molecule has 1 aromatic heterocycles. The summed E-state index contributed by atoms with van der Waals surface area (Å²) < 4.78 is 0. The monoisotopic (exact) mass is 275 g/mol. The van der Waals surface area contributed by atoms with E-state index in [0.29, 0.717) is 12.1 Å². The van der Waals surface area contributed by atoms with Crippen molar-refractivity contribution in [2.24, 2.45) is 17.6 Å². The van der Waals surface area contributed by atoms with Crippen LogP contribution in [0.5, 0.6) is 0 Å². The number of nitrogens with two attached hydrogens (primary N) is 1. The molecule has 1 aliphatic carbocycles. The van der Waals surface area contributed by atoms with Gasteiger partial charge in [-0.05, 0) is 49.8 Å². The molecule has 0 amide bonds. The third-order valence-electron chi connectivity index (χ3n) is 4.82. The average Bonchev–Trinajstić information content (AvgIpc) is 2.46. The lowest BCUT2D eigenvalue weighted by atomic mass is 9.76. The minimum Gasteiger partial charge on any atom is -0.326 e. The summed E-state index contributed by atoms with van der Waals surface area (Å²) in [5.41, 5.74) is 7.56. The zero-order valence-electron chi connectivity index (χ0n) is 13.1. The van der Waals surface area contributed by atoms with Gasteiger partial charge in [0.25, 0.3) is 0 Å². The molecule has 0 aromatic carbocycles. The van der Waals surface area contributed by atoms with E-state index < -0.39 is 0 Å². The molecular formula is C17H29N3. The lowest BCUT2D eigenvalue weighted by Gasteiger charge is -2.42. The summed E-state index contributed by atoms with van der Waals surface area (Å²) in [4.78, 5) is 6.97. The Morgan fingerprint density at radius 3 is 2.75 bits per heavy atom. The van der Waals surface area contributed by atoms with Crippen molar-refractivity contribution in [3.8, 4) is 0 Å². The van der Waals surface area contributed by atoms with Crippen LogP contribution >= 0.6 is 0 Å². The fourth-order valence-electron chi connectivity index (χ4n) is 3.39. The topological polar surface area (TPSA) is 42.2 Å². The molecule has 1 heterocycles. The Morgan fingerprint density at radius 2 is 2.15 bits per heavy atom. The summed E-state index contributed by atoms with van der Waals surface area (Å²) in [7, 11) is 0. The van der Waals surface area contributed by atoms with Crippen LogP contribution in [0.25, 0.3) is 0 Å². The van der Waals surface area contributed by atoms with Crippen molar-refractivity contribution in [2.75, 3.05) is 6.54 Å². The van der Waals surface area contributed by atoms with E-state index in [1.54, 1.807) is 0 Å². The van der Waals surface area contributed by atoms with Gasteiger partial charge in [-0.25, -0.2) is 0 Å². The second-order valence-corrected chi connectivity index (χ2v) is 6.43. The Bertz CT molecular complexity index is 390. The minimum absolute atomic E-state index is 0.314. The van der Waals surface area contributed by atoms with Crippen molar-refractivity contribution in [1.82, 2.24) is 9.88 Å². The normalized spacial score (nSPS) is 27.2. The van der Waals surface area contributed by atoms with Crippen LogP contribution in [-0.2, 0) is 6.54 Å². The van der Waals surface area contributed by atoms with Crippen molar-refractivity contribution in [3.05, 3.63) is 30.1 Å². The number of hydrogen-bond acceptors (Lipinski definition) is 3. The molecule has 0 saturated heterocycles. The fourth-order valence-corrected chi connectivity index (χ4v) is 3.39. The van der Waals surface area contributed by atoms with E-state index in [1.807, 2.05) is 12.3 Å². The van der Waals surface area contributed by atoms with Gasteiger partial charge in [0.05, 0.1) is 5.69 Å². The van der Waals surface area contributed by atoms with Gasteiger partial charge in [0.1, 0.15) is 0 Å². The van der Waals surface area contributed by atoms with Crippen molar-refractivity contribution in [2.45, 2.75) is 58.7 Å². The summed E-state index contributed by atoms with van der Waals surface area (Å²) in [6.45, 7) is 8.87. The van der Waals surface area contributed by atoms with E-state index in [9.17, 15) is 0 Å². The molecule has 0 spiro atoms. The lowest BCUT2D eigenvalue weighted by Crippen LogP contribution is -2.51. The quantitative estimate of drug-likeness (QED) is 0.898. The highest BCUT2D eigenvalue weighted by Crippen LogP contribution is 2.32. The van der Waals surface area contributed by atoms with Crippen LogP contribution in [0.4, 0.5) is 0 Å². The Balaban J connectivity index is 2.05. The molecule has 3 unspecified atom stereocenters. The predicted octanol–water partition coefficient (Wildman–Crippen LogP) is 3.06. The predicted molar refractivity (Wildman–Crippen MR) is 84.3 cm³/mol. The summed E-state index contributed by atoms with van der Waals surface area (Å²) >= 11 is 0. The number of aromatic nitrogens is 1. The van der Waals surface area contributed by atoms with Crippen LogP contribution in [0.1, 0.15) is 45.7 Å². The Morgan fingerprint density at radius 1 is 1.35 bits per heavy atom. The smallest absolute Gasteiger partial charge is 0.0544 e. The molecule has 3 nitrogen and oxygen atoms in total. The fraction of sp³-hybridized carbons (Fsp3) is 0.706. The first-order valence-electron chi connectivity index (χ1n) is 8.01. The molecule has 3 heteroatoms. The summed E-state index contributed by atoms with van der Waals surface area (Å²) in [5, 5.41) is 0. The van der Waals surface area contributed by atoms with Gasteiger partial charge < -0.3 is 5.73 Å². The summed E-state index contributed by atoms with van der Waals surface area (Å²) in [6.07, 6.45) is 5.56. The van der Waals surface area contributed by atoms with Gasteiger partial charge in [-0.3, -0.25) is 9.88 Å². The number of pyridine rings is 1. The molecule has 2 rings (SSSR count). The van der Waals surface area contributed by atoms with Gasteiger partial charge in [-0.2, -0.15) is 0 Å². The molecule has 0 bridgehead atoms. The Labute approximate surface area is 123 Å². The Hall–Kier alpha value is -0.930. The molecule has 112 valence electrons. The lowest BCUT2D eigenvalue weighted by molar-refractivity contribution is 0.0940. The summed E-state index contributed by atoms with van der Waals surface area (Å²) in [6, 6.07) is 6.96. The number of nitrogens with zero attached hydrogens (tertiary/aromatic N) is 2. The maximum Gasteiger partial charge on any atom is 0.0544 e. The van der Waals surface area contributed by atoms with Crippen molar-refractivity contribution >= 4 is 0 Å². The molecule has 20 heavy (non-hydrogen) atoms. The van der Waals surface area contributed by atoms with Gasteiger partial charge in [0, 0.05) is 24.8 Å². The zero-order chi connectivity index (χ0) is 14.5. The third kappa shape index (κ3) is 3.80. The highest BCUT2D eigenvalue weighted by molar-refractivity contribution is 5.04. The SMILES string of the molecule is CCN(Cc1ccccn1)C1CC(C(C)C)CCC1N. The number of hydrogen-bond donors (Lipinski definition) is 1. The summed E-state index contributed by atoms with van der Waals surface area (Å²) in [5.74, 6) is 1.58. The minimum atomic E-state index is 0.314. The van der Waals surface area contributed by atoms with Gasteiger partial charge in [-0.15, -0.1) is 0 Å². The second kappa shape index (κ2) is 7.19. The molecule has 0 aliphatic heterocycles. The molecule has 1 fully saturated rings. The van der Waals surface area contributed by atoms with E-state index in [1.165, 1.54) is 12.8 Å². The second-order valence-electron chi connectivity index (χ2n) is 6.43. The van der Waals surface area contributed by atoms with Crippen LogP contribution in [-0.4, -0.2) is 28.5 Å². The molecular weight excluding hydrogens is 246 g/mol. The van der Waals surface area contributed by atoms with Gasteiger partial charge >= 0.3 is 0 Å². The Kier molecular flexibility index (Phi) is 5.55. The van der Waals surface area contributed by atoms with Crippen LogP contribution in [0.2, 0.25) is 0 Å². The van der Waals surface area contributed by atoms with Gasteiger partial charge in [0.15, 0.2) is 0 Å². The van der Waals surface area contributed by atoms with Crippen LogP contribution in [0.15, 0.2) is 24.4 Å². The molecule has 1 aromatic rings. The molecule has 0 radical (unpaired) electrons. The number of likely N-dealkylation sites (N-methyl/N-ethyl adjacent to an activating group) is 1. The van der Waals surface area contributed by atoms with Crippen LogP contribution in [0.3, 0.4) is 0 Å². The first-order chi connectivity index (χ1) is 9.61.